The Morgan fingerprint density at radius 1 is 0.360 bits per heavy atom. The van der Waals surface area contributed by atoms with Crippen molar-refractivity contribution < 1.29 is 0 Å². The molecule has 0 N–H and O–H groups in total. The Hall–Kier alpha value is 0.217. The molecule has 0 radical (unpaired) electrons. The highest BCUT2D eigenvalue weighted by molar-refractivity contribution is 6.79. The summed E-state index contributed by atoms with van der Waals surface area (Å²) in [5.74, 6) is 0. The summed E-state index contributed by atoms with van der Waals surface area (Å²) in [5.41, 5.74) is 0. The Labute approximate surface area is 163 Å². The van der Waals surface area contributed by atoms with Gasteiger partial charge in [0.15, 0.2) is 0 Å². The average Bonchev–Trinajstić information content (AvgIpc) is 2.64. The van der Waals surface area contributed by atoms with E-state index in [9.17, 15) is 0 Å². The largest absolute Gasteiger partial charge is 0.0678 e. The Bertz CT molecular complexity index is 222. The molecule has 1 heteroatoms. The quantitative estimate of drug-likeness (QED) is 0.148. The van der Waals surface area contributed by atoms with Crippen LogP contribution in [0.5, 0.6) is 0 Å². The highest BCUT2D eigenvalue weighted by atomic mass is 28.3. The number of unbranched alkanes of at least 4 members (excludes halogenated alkanes) is 14. The van der Waals surface area contributed by atoms with Crippen molar-refractivity contribution >= 4 is 8.07 Å². The summed E-state index contributed by atoms with van der Waals surface area (Å²) >= 11 is 0. The maximum absolute atomic E-state index is 2.51. The molecule has 0 spiro atoms. The molecule has 0 rings (SSSR count). The van der Waals surface area contributed by atoms with Crippen molar-refractivity contribution in [1.82, 2.24) is 0 Å². The second-order valence-corrected chi connectivity index (χ2v) is 14.1. The minimum absolute atomic E-state index is 0.906. The molecule has 0 saturated heterocycles. The molecule has 0 amide bonds. The van der Waals surface area contributed by atoms with Crippen LogP contribution in [0.3, 0.4) is 0 Å². The third-order valence-corrected chi connectivity index (χ3v) is 12.4. The summed E-state index contributed by atoms with van der Waals surface area (Å²) in [6, 6.07) is 6.34. The molecule has 25 heavy (non-hydrogen) atoms. The Morgan fingerprint density at radius 3 is 0.920 bits per heavy atom. The molecule has 0 fully saturated rings. The maximum atomic E-state index is 2.51. The SMILES string of the molecule is CCCCCCCCCC[Si](CC)(CC)CCCCCCCCCC. The number of hydrogen-bond donors (Lipinski definition) is 0. The van der Waals surface area contributed by atoms with E-state index in [1.165, 1.54) is 102 Å². The number of hydrogen-bond acceptors (Lipinski definition) is 0. The van der Waals surface area contributed by atoms with E-state index in [-0.39, 0.29) is 0 Å². The molecule has 0 aliphatic heterocycles. The zero-order valence-electron chi connectivity index (χ0n) is 18.6. The molecule has 0 heterocycles. The van der Waals surface area contributed by atoms with Crippen LogP contribution in [-0.2, 0) is 0 Å². The van der Waals surface area contributed by atoms with Crippen molar-refractivity contribution in [2.24, 2.45) is 0 Å². The van der Waals surface area contributed by atoms with Crippen LogP contribution in [0.4, 0.5) is 0 Å². The molecule has 0 aliphatic rings. The lowest BCUT2D eigenvalue weighted by molar-refractivity contribution is 0.579. The second-order valence-electron chi connectivity index (χ2n) is 8.66. The third kappa shape index (κ3) is 15.0. The first kappa shape index (κ1) is 25.2. The topological polar surface area (TPSA) is 0 Å². The molecule has 0 aliphatic carbocycles. The van der Waals surface area contributed by atoms with Crippen molar-refractivity contribution in [3.8, 4) is 0 Å². The van der Waals surface area contributed by atoms with Crippen molar-refractivity contribution in [3.05, 3.63) is 0 Å². The van der Waals surface area contributed by atoms with Gasteiger partial charge in [-0.2, -0.15) is 0 Å². The summed E-state index contributed by atoms with van der Waals surface area (Å²) in [7, 11) is -0.906. The first-order valence-corrected chi connectivity index (χ1v) is 15.1. The summed E-state index contributed by atoms with van der Waals surface area (Å²) in [6.07, 6.45) is 23.6. The van der Waals surface area contributed by atoms with Crippen molar-refractivity contribution in [2.45, 2.75) is 155 Å². The van der Waals surface area contributed by atoms with Gasteiger partial charge in [-0.1, -0.05) is 155 Å². The van der Waals surface area contributed by atoms with Crippen LogP contribution in [0.25, 0.3) is 0 Å². The van der Waals surface area contributed by atoms with Gasteiger partial charge < -0.3 is 0 Å². The van der Waals surface area contributed by atoms with Gasteiger partial charge in [-0.25, -0.2) is 0 Å². The molecular formula is C24H52Si. The lowest BCUT2D eigenvalue weighted by Crippen LogP contribution is -2.31. The van der Waals surface area contributed by atoms with Crippen molar-refractivity contribution in [1.29, 1.82) is 0 Å². The van der Waals surface area contributed by atoms with Gasteiger partial charge >= 0.3 is 0 Å². The van der Waals surface area contributed by atoms with Crippen LogP contribution >= 0.6 is 0 Å². The van der Waals surface area contributed by atoms with Gasteiger partial charge in [0.2, 0.25) is 0 Å². The summed E-state index contributed by atoms with van der Waals surface area (Å²) in [4.78, 5) is 0. The van der Waals surface area contributed by atoms with Gasteiger partial charge in [-0.05, 0) is 0 Å². The minimum atomic E-state index is -0.906. The first-order valence-electron chi connectivity index (χ1n) is 12.2. The molecule has 0 saturated carbocycles. The van der Waals surface area contributed by atoms with E-state index in [2.05, 4.69) is 27.7 Å². The van der Waals surface area contributed by atoms with Gasteiger partial charge in [0.25, 0.3) is 0 Å². The van der Waals surface area contributed by atoms with Crippen LogP contribution in [-0.4, -0.2) is 8.07 Å². The zero-order valence-corrected chi connectivity index (χ0v) is 19.6. The lowest BCUT2D eigenvalue weighted by atomic mass is 10.1. The fourth-order valence-corrected chi connectivity index (χ4v) is 8.51. The molecular weight excluding hydrogens is 316 g/mol. The minimum Gasteiger partial charge on any atom is -0.0678 e. The fraction of sp³-hybridized carbons (Fsp3) is 1.00. The summed E-state index contributed by atoms with van der Waals surface area (Å²) in [5, 5.41) is 0. The normalized spacial score (nSPS) is 12.0. The van der Waals surface area contributed by atoms with E-state index < -0.39 is 8.07 Å². The second kappa shape index (κ2) is 19.0. The van der Waals surface area contributed by atoms with Crippen LogP contribution in [0.1, 0.15) is 130 Å². The smallest absolute Gasteiger partial charge is 0.0530 e. The number of rotatable bonds is 20. The van der Waals surface area contributed by atoms with Gasteiger partial charge in [0.05, 0.1) is 8.07 Å². The van der Waals surface area contributed by atoms with Crippen LogP contribution in [0.2, 0.25) is 24.2 Å². The highest BCUT2D eigenvalue weighted by Crippen LogP contribution is 2.30. The van der Waals surface area contributed by atoms with Crippen molar-refractivity contribution in [2.75, 3.05) is 0 Å². The zero-order chi connectivity index (χ0) is 18.6. The van der Waals surface area contributed by atoms with Crippen LogP contribution < -0.4 is 0 Å². The summed E-state index contributed by atoms with van der Waals surface area (Å²) < 4.78 is 0. The maximum Gasteiger partial charge on any atom is 0.0530 e. The monoisotopic (exact) mass is 368 g/mol. The fourth-order valence-electron chi connectivity index (χ4n) is 4.35. The predicted octanol–water partition coefficient (Wildman–Crippen LogP) is 9.76. The van der Waals surface area contributed by atoms with E-state index in [0.717, 1.165) is 0 Å². The summed E-state index contributed by atoms with van der Waals surface area (Å²) in [6.45, 7) is 9.63. The van der Waals surface area contributed by atoms with E-state index in [4.69, 9.17) is 0 Å². The van der Waals surface area contributed by atoms with E-state index in [0.29, 0.717) is 0 Å². The standard InChI is InChI=1S/C24H52Si/c1-5-9-11-13-15-17-19-21-23-25(7-3,8-4)24-22-20-18-16-14-12-10-6-2/h5-24H2,1-4H3. The molecule has 0 aromatic carbocycles. The van der Waals surface area contributed by atoms with Gasteiger partial charge in [-0.15, -0.1) is 0 Å². The molecule has 0 unspecified atom stereocenters. The Balaban J connectivity index is 3.70. The Morgan fingerprint density at radius 2 is 0.640 bits per heavy atom. The first-order chi connectivity index (χ1) is 12.2. The van der Waals surface area contributed by atoms with Gasteiger partial charge in [-0.3, -0.25) is 0 Å². The molecule has 0 aromatic heterocycles. The molecule has 152 valence electrons. The van der Waals surface area contributed by atoms with Crippen LogP contribution in [0, 0.1) is 0 Å². The van der Waals surface area contributed by atoms with E-state index in [1.807, 2.05) is 0 Å². The molecule has 0 atom stereocenters. The van der Waals surface area contributed by atoms with Crippen molar-refractivity contribution in [3.63, 3.8) is 0 Å². The molecule has 0 bridgehead atoms. The Kier molecular flexibility index (Phi) is 19.2. The van der Waals surface area contributed by atoms with Crippen LogP contribution in [0.15, 0.2) is 0 Å². The average molecular weight is 369 g/mol. The van der Waals surface area contributed by atoms with Gasteiger partial charge in [0, 0.05) is 0 Å². The van der Waals surface area contributed by atoms with E-state index >= 15 is 0 Å². The molecule has 0 nitrogen and oxygen atoms in total. The molecule has 0 aromatic rings. The van der Waals surface area contributed by atoms with Gasteiger partial charge in [0.1, 0.15) is 0 Å². The predicted molar refractivity (Wildman–Crippen MR) is 122 cm³/mol. The third-order valence-electron chi connectivity index (χ3n) is 6.62. The van der Waals surface area contributed by atoms with E-state index in [1.54, 1.807) is 24.9 Å². The highest BCUT2D eigenvalue weighted by Gasteiger charge is 2.27. The lowest BCUT2D eigenvalue weighted by Gasteiger charge is -2.30.